The number of aliphatic hydroxyl groups is 1. The summed E-state index contributed by atoms with van der Waals surface area (Å²) in [6.07, 6.45) is 0. The monoisotopic (exact) mass is 169 g/mol. The fraction of sp³-hybridized carbons (Fsp3) is 0.556. The van der Waals surface area contributed by atoms with Crippen molar-refractivity contribution >= 4 is 0 Å². The molecule has 0 aliphatic carbocycles. The predicted molar refractivity (Wildman–Crippen MR) is 46.8 cm³/mol. The van der Waals surface area contributed by atoms with Gasteiger partial charge in [0.1, 0.15) is 17.1 Å². The van der Waals surface area contributed by atoms with E-state index >= 15 is 0 Å². The summed E-state index contributed by atoms with van der Waals surface area (Å²) < 4.78 is 5.29. The van der Waals surface area contributed by atoms with Gasteiger partial charge in [-0.15, -0.1) is 0 Å². The molecular weight excluding hydrogens is 154 g/mol. The molecule has 1 heterocycles. The molecule has 1 rings (SSSR count). The Morgan fingerprint density at radius 3 is 2.50 bits per heavy atom. The van der Waals surface area contributed by atoms with Gasteiger partial charge in [-0.25, -0.2) is 0 Å². The van der Waals surface area contributed by atoms with Crippen LogP contribution in [0, 0.1) is 13.8 Å². The van der Waals surface area contributed by atoms with Gasteiger partial charge >= 0.3 is 0 Å². The first-order chi connectivity index (χ1) is 5.47. The average molecular weight is 169 g/mol. The summed E-state index contributed by atoms with van der Waals surface area (Å²) in [6, 6.07) is 1.82. The zero-order valence-electron chi connectivity index (χ0n) is 7.72. The van der Waals surface area contributed by atoms with E-state index < -0.39 is 5.60 Å². The molecule has 1 unspecified atom stereocenters. The Balaban J connectivity index is 3.09. The van der Waals surface area contributed by atoms with Crippen LogP contribution in [0.2, 0.25) is 0 Å². The molecule has 0 amide bonds. The molecule has 3 heteroatoms. The van der Waals surface area contributed by atoms with Crippen molar-refractivity contribution in [1.29, 1.82) is 0 Å². The van der Waals surface area contributed by atoms with Gasteiger partial charge in [-0.2, -0.15) is 0 Å². The number of furan rings is 1. The maximum Gasteiger partial charge on any atom is 0.107 e. The quantitative estimate of drug-likeness (QED) is 0.696. The molecule has 3 nitrogen and oxygen atoms in total. The third-order valence-electron chi connectivity index (χ3n) is 2.02. The molecule has 0 radical (unpaired) electrons. The van der Waals surface area contributed by atoms with Gasteiger partial charge in [-0.3, -0.25) is 0 Å². The molecule has 0 saturated heterocycles. The molecule has 0 spiro atoms. The van der Waals surface area contributed by atoms with Crippen LogP contribution in [-0.4, -0.2) is 11.7 Å². The zero-order valence-corrected chi connectivity index (χ0v) is 7.72. The lowest BCUT2D eigenvalue weighted by Crippen LogP contribution is -2.31. The van der Waals surface area contributed by atoms with Crippen LogP contribution < -0.4 is 5.73 Å². The average Bonchev–Trinajstić information content (AvgIpc) is 2.31. The first-order valence-corrected chi connectivity index (χ1v) is 3.97. The Bertz CT molecular complexity index is 276. The molecule has 0 aromatic carbocycles. The summed E-state index contributed by atoms with van der Waals surface area (Å²) >= 11 is 0. The van der Waals surface area contributed by atoms with E-state index in [0.29, 0.717) is 0 Å². The van der Waals surface area contributed by atoms with Gasteiger partial charge in [-0.05, 0) is 26.8 Å². The van der Waals surface area contributed by atoms with Crippen molar-refractivity contribution < 1.29 is 9.52 Å². The smallest absolute Gasteiger partial charge is 0.107 e. The van der Waals surface area contributed by atoms with E-state index in [9.17, 15) is 5.11 Å². The largest absolute Gasteiger partial charge is 0.466 e. The Morgan fingerprint density at radius 2 is 2.17 bits per heavy atom. The highest BCUT2D eigenvalue weighted by Gasteiger charge is 2.25. The van der Waals surface area contributed by atoms with Crippen molar-refractivity contribution in [1.82, 2.24) is 0 Å². The third kappa shape index (κ3) is 1.52. The van der Waals surface area contributed by atoms with Crippen molar-refractivity contribution in [2.24, 2.45) is 5.73 Å². The molecule has 3 N–H and O–H groups in total. The zero-order chi connectivity index (χ0) is 9.35. The van der Waals surface area contributed by atoms with Crippen LogP contribution in [0.25, 0.3) is 0 Å². The third-order valence-corrected chi connectivity index (χ3v) is 2.02. The fourth-order valence-corrected chi connectivity index (χ4v) is 1.28. The summed E-state index contributed by atoms with van der Waals surface area (Å²) in [4.78, 5) is 0. The van der Waals surface area contributed by atoms with Crippen molar-refractivity contribution in [3.8, 4) is 0 Å². The first kappa shape index (κ1) is 9.29. The summed E-state index contributed by atoms with van der Waals surface area (Å²) in [6.45, 7) is 5.56. The normalized spacial score (nSPS) is 16.1. The number of hydrogen-bond donors (Lipinski definition) is 2. The standard InChI is InChI=1S/C9H15NO2/c1-6-4-8(7(2)12-6)9(3,11)5-10/h4,11H,5,10H2,1-3H3. The van der Waals surface area contributed by atoms with Gasteiger partial charge in [0, 0.05) is 12.1 Å². The van der Waals surface area contributed by atoms with Crippen LogP contribution in [0.5, 0.6) is 0 Å². The summed E-state index contributed by atoms with van der Waals surface area (Å²) in [5.41, 5.74) is 5.23. The molecule has 0 aliphatic rings. The lowest BCUT2D eigenvalue weighted by molar-refractivity contribution is 0.0653. The van der Waals surface area contributed by atoms with Crippen LogP contribution in [0.3, 0.4) is 0 Å². The van der Waals surface area contributed by atoms with E-state index in [2.05, 4.69) is 0 Å². The Hall–Kier alpha value is -0.800. The van der Waals surface area contributed by atoms with Crippen molar-refractivity contribution in [3.63, 3.8) is 0 Å². The van der Waals surface area contributed by atoms with Crippen LogP contribution in [-0.2, 0) is 5.60 Å². The number of aryl methyl sites for hydroxylation is 2. The number of nitrogens with two attached hydrogens (primary N) is 1. The molecule has 68 valence electrons. The van der Waals surface area contributed by atoms with Gasteiger partial charge in [0.05, 0.1) is 0 Å². The second kappa shape index (κ2) is 2.92. The number of hydrogen-bond acceptors (Lipinski definition) is 3. The molecule has 12 heavy (non-hydrogen) atoms. The van der Waals surface area contributed by atoms with Crippen LogP contribution >= 0.6 is 0 Å². The highest BCUT2D eigenvalue weighted by atomic mass is 16.3. The van der Waals surface area contributed by atoms with Crippen molar-refractivity contribution in [2.45, 2.75) is 26.4 Å². The Labute approximate surface area is 72.2 Å². The van der Waals surface area contributed by atoms with E-state index in [0.717, 1.165) is 17.1 Å². The lowest BCUT2D eigenvalue weighted by atomic mass is 9.97. The Morgan fingerprint density at radius 1 is 1.58 bits per heavy atom. The van der Waals surface area contributed by atoms with E-state index in [4.69, 9.17) is 10.2 Å². The lowest BCUT2D eigenvalue weighted by Gasteiger charge is -2.19. The maximum absolute atomic E-state index is 9.80. The van der Waals surface area contributed by atoms with Crippen molar-refractivity contribution in [3.05, 3.63) is 23.2 Å². The molecule has 1 aromatic heterocycles. The second-order valence-electron chi connectivity index (χ2n) is 3.30. The van der Waals surface area contributed by atoms with Crippen LogP contribution in [0.4, 0.5) is 0 Å². The van der Waals surface area contributed by atoms with Crippen LogP contribution in [0.15, 0.2) is 10.5 Å². The first-order valence-electron chi connectivity index (χ1n) is 3.97. The van der Waals surface area contributed by atoms with E-state index in [1.807, 2.05) is 19.9 Å². The molecule has 0 bridgehead atoms. The van der Waals surface area contributed by atoms with E-state index in [1.165, 1.54) is 0 Å². The Kier molecular flexibility index (Phi) is 2.26. The van der Waals surface area contributed by atoms with Gasteiger partial charge in [0.15, 0.2) is 0 Å². The van der Waals surface area contributed by atoms with Gasteiger partial charge in [0.2, 0.25) is 0 Å². The van der Waals surface area contributed by atoms with Gasteiger partial charge in [-0.1, -0.05) is 0 Å². The molecular formula is C9H15NO2. The molecule has 1 aromatic rings. The summed E-state index contributed by atoms with van der Waals surface area (Å²) in [7, 11) is 0. The topological polar surface area (TPSA) is 59.4 Å². The van der Waals surface area contributed by atoms with Crippen LogP contribution in [0.1, 0.15) is 24.0 Å². The molecule has 0 aliphatic heterocycles. The number of rotatable bonds is 2. The molecule has 0 fully saturated rings. The highest BCUT2D eigenvalue weighted by Crippen LogP contribution is 2.25. The van der Waals surface area contributed by atoms with E-state index in [-0.39, 0.29) is 6.54 Å². The maximum atomic E-state index is 9.80. The van der Waals surface area contributed by atoms with Crippen molar-refractivity contribution in [2.75, 3.05) is 6.54 Å². The second-order valence-corrected chi connectivity index (χ2v) is 3.30. The van der Waals surface area contributed by atoms with Gasteiger partial charge < -0.3 is 15.3 Å². The minimum atomic E-state index is -0.970. The summed E-state index contributed by atoms with van der Waals surface area (Å²) in [5, 5.41) is 9.80. The highest BCUT2D eigenvalue weighted by molar-refractivity contribution is 5.26. The minimum Gasteiger partial charge on any atom is -0.466 e. The SMILES string of the molecule is Cc1cc(C(C)(O)CN)c(C)o1. The predicted octanol–water partition coefficient (Wildman–Crippen LogP) is 1.06. The summed E-state index contributed by atoms with van der Waals surface area (Å²) in [5.74, 6) is 1.54. The van der Waals surface area contributed by atoms with Gasteiger partial charge in [0.25, 0.3) is 0 Å². The molecule has 1 atom stereocenters. The minimum absolute atomic E-state index is 0.201. The fourth-order valence-electron chi connectivity index (χ4n) is 1.28. The van der Waals surface area contributed by atoms with E-state index in [1.54, 1.807) is 6.92 Å². The molecule has 0 saturated carbocycles.